The molecule has 0 bridgehead atoms. The van der Waals surface area contributed by atoms with Gasteiger partial charge in [0.15, 0.2) is 0 Å². The Bertz CT molecular complexity index is 900. The van der Waals surface area contributed by atoms with Crippen LogP contribution in [-0.4, -0.2) is 16.6 Å². The van der Waals surface area contributed by atoms with E-state index in [1.54, 1.807) is 12.1 Å². The molecule has 3 rings (SSSR count). The summed E-state index contributed by atoms with van der Waals surface area (Å²) in [5.41, 5.74) is 5.44. The number of fused-ring (bicyclic) bond motifs is 1. The second-order valence-electron chi connectivity index (χ2n) is 5.36. The zero-order valence-electron chi connectivity index (χ0n) is 13.1. The summed E-state index contributed by atoms with van der Waals surface area (Å²) in [6.07, 6.45) is 0. The Morgan fingerprint density at radius 1 is 1.00 bits per heavy atom. The number of benzene rings is 2. The van der Waals surface area contributed by atoms with Gasteiger partial charge in [0.2, 0.25) is 0 Å². The molecule has 0 radical (unpaired) electrons. The highest BCUT2D eigenvalue weighted by Crippen LogP contribution is 2.16. The molecular formula is C19H17N3O. The van der Waals surface area contributed by atoms with Gasteiger partial charge in [-0.05, 0) is 48.4 Å². The molecule has 0 spiro atoms. The minimum Gasteiger partial charge on any atom is -0.266 e. The summed E-state index contributed by atoms with van der Waals surface area (Å²) in [6.45, 7) is 3.72. The van der Waals surface area contributed by atoms with Crippen molar-refractivity contribution in [3.63, 3.8) is 0 Å². The van der Waals surface area contributed by atoms with E-state index in [2.05, 4.69) is 33.7 Å². The molecule has 1 N–H and O–H groups in total. The summed E-state index contributed by atoms with van der Waals surface area (Å²) in [5, 5.41) is 6.51. The van der Waals surface area contributed by atoms with Gasteiger partial charge in [-0.15, -0.1) is 0 Å². The molecule has 1 amide bonds. The lowest BCUT2D eigenvalue weighted by atomic mass is 10.0. The van der Waals surface area contributed by atoms with Crippen molar-refractivity contribution in [2.24, 2.45) is 5.10 Å². The average Bonchev–Trinajstić information content (AvgIpc) is 2.59. The topological polar surface area (TPSA) is 54.4 Å². The van der Waals surface area contributed by atoms with Gasteiger partial charge in [-0.1, -0.05) is 42.5 Å². The monoisotopic (exact) mass is 303 g/mol. The van der Waals surface area contributed by atoms with Crippen molar-refractivity contribution in [3.05, 3.63) is 77.6 Å². The van der Waals surface area contributed by atoms with E-state index in [1.807, 2.05) is 44.2 Å². The molecule has 1 heterocycles. The quantitative estimate of drug-likeness (QED) is 0.592. The lowest BCUT2D eigenvalue weighted by Gasteiger charge is -2.05. The van der Waals surface area contributed by atoms with E-state index in [9.17, 15) is 4.79 Å². The van der Waals surface area contributed by atoms with Gasteiger partial charge >= 0.3 is 0 Å². The number of nitrogens with zero attached hydrogens (tertiary/aromatic N) is 2. The van der Waals surface area contributed by atoms with Crippen molar-refractivity contribution in [3.8, 4) is 0 Å². The minimum absolute atomic E-state index is 0.311. The number of hydrogen-bond acceptors (Lipinski definition) is 3. The summed E-state index contributed by atoms with van der Waals surface area (Å²) in [6, 6.07) is 19.6. The van der Waals surface area contributed by atoms with Crippen LogP contribution in [-0.2, 0) is 0 Å². The predicted octanol–water partition coefficient (Wildman–Crippen LogP) is 3.70. The minimum atomic E-state index is -0.311. The third-order valence-electron chi connectivity index (χ3n) is 3.61. The van der Waals surface area contributed by atoms with Crippen molar-refractivity contribution in [2.45, 2.75) is 13.8 Å². The Morgan fingerprint density at radius 2 is 1.78 bits per heavy atom. The molecule has 0 unspecified atom stereocenters. The van der Waals surface area contributed by atoms with Crippen LogP contribution in [0.4, 0.5) is 0 Å². The molecule has 4 nitrogen and oxygen atoms in total. The molecule has 0 atom stereocenters. The van der Waals surface area contributed by atoms with Crippen LogP contribution in [0.5, 0.6) is 0 Å². The molecule has 3 aromatic rings. The third kappa shape index (κ3) is 3.43. The fourth-order valence-electron chi connectivity index (χ4n) is 2.34. The van der Waals surface area contributed by atoms with Gasteiger partial charge in [0.1, 0.15) is 5.69 Å². The number of amides is 1. The summed E-state index contributed by atoms with van der Waals surface area (Å²) < 4.78 is 0. The lowest BCUT2D eigenvalue weighted by Crippen LogP contribution is -2.20. The SMILES string of the molecule is CC(=NNC(=O)c1cccc(C)n1)c1ccc2ccccc2c1. The fourth-order valence-corrected chi connectivity index (χ4v) is 2.34. The molecule has 0 saturated carbocycles. The number of aromatic nitrogens is 1. The van der Waals surface area contributed by atoms with Crippen LogP contribution >= 0.6 is 0 Å². The van der Waals surface area contributed by atoms with Crippen molar-refractivity contribution < 1.29 is 4.79 Å². The molecule has 0 aliphatic rings. The first-order valence-corrected chi connectivity index (χ1v) is 7.41. The highest BCUT2D eigenvalue weighted by molar-refractivity contribution is 6.03. The number of rotatable bonds is 3. The molecular weight excluding hydrogens is 286 g/mol. The molecule has 0 saturated heterocycles. The highest BCUT2D eigenvalue weighted by atomic mass is 16.2. The first-order chi connectivity index (χ1) is 11.1. The normalized spacial score (nSPS) is 11.5. The molecule has 1 aromatic heterocycles. The van der Waals surface area contributed by atoms with Gasteiger partial charge in [-0.25, -0.2) is 10.4 Å². The first kappa shape index (κ1) is 14.9. The molecule has 4 heteroatoms. The van der Waals surface area contributed by atoms with Crippen LogP contribution in [0.1, 0.15) is 28.7 Å². The Hall–Kier alpha value is -3.01. The zero-order chi connectivity index (χ0) is 16.2. The Morgan fingerprint density at radius 3 is 2.57 bits per heavy atom. The standard InChI is InChI=1S/C19H17N3O/c1-13-6-5-9-18(20-13)19(23)22-21-14(2)16-11-10-15-7-3-4-8-17(15)12-16/h3-12H,1-2H3,(H,22,23). The van der Waals surface area contributed by atoms with Crippen molar-refractivity contribution in [2.75, 3.05) is 0 Å². The second-order valence-corrected chi connectivity index (χ2v) is 5.36. The number of carbonyl (C=O) groups is 1. The third-order valence-corrected chi connectivity index (χ3v) is 3.61. The first-order valence-electron chi connectivity index (χ1n) is 7.41. The highest BCUT2D eigenvalue weighted by Gasteiger charge is 2.06. The molecule has 114 valence electrons. The van der Waals surface area contributed by atoms with Gasteiger partial charge in [0.05, 0.1) is 5.71 Å². The second kappa shape index (κ2) is 6.40. The van der Waals surface area contributed by atoms with E-state index in [0.29, 0.717) is 5.69 Å². The number of hydrogen-bond donors (Lipinski definition) is 1. The van der Waals surface area contributed by atoms with Gasteiger partial charge in [0, 0.05) is 5.69 Å². The Balaban J connectivity index is 1.79. The smallest absolute Gasteiger partial charge is 0.266 e. The van der Waals surface area contributed by atoms with E-state index >= 15 is 0 Å². The van der Waals surface area contributed by atoms with Crippen molar-refractivity contribution in [1.82, 2.24) is 10.4 Å². The maximum absolute atomic E-state index is 12.1. The number of pyridine rings is 1. The Kier molecular flexibility index (Phi) is 4.15. The summed E-state index contributed by atoms with van der Waals surface area (Å²) in [5.74, 6) is -0.311. The lowest BCUT2D eigenvalue weighted by molar-refractivity contribution is 0.0949. The maximum atomic E-state index is 12.1. The van der Waals surface area contributed by atoms with E-state index < -0.39 is 0 Å². The van der Waals surface area contributed by atoms with Crippen LogP contribution in [0.25, 0.3) is 10.8 Å². The van der Waals surface area contributed by atoms with Gasteiger partial charge < -0.3 is 0 Å². The predicted molar refractivity (Wildman–Crippen MR) is 92.6 cm³/mol. The van der Waals surface area contributed by atoms with Crippen LogP contribution in [0.15, 0.2) is 65.8 Å². The van der Waals surface area contributed by atoms with Gasteiger partial charge in [-0.2, -0.15) is 5.10 Å². The molecule has 0 aliphatic carbocycles. The largest absolute Gasteiger partial charge is 0.289 e. The van der Waals surface area contributed by atoms with Crippen molar-refractivity contribution >= 4 is 22.4 Å². The maximum Gasteiger partial charge on any atom is 0.289 e. The summed E-state index contributed by atoms with van der Waals surface area (Å²) >= 11 is 0. The molecule has 2 aromatic carbocycles. The number of aryl methyl sites for hydroxylation is 1. The fraction of sp³-hybridized carbons (Fsp3) is 0.105. The number of hydrazone groups is 1. The van der Waals surface area contributed by atoms with Crippen LogP contribution in [0, 0.1) is 6.92 Å². The van der Waals surface area contributed by atoms with Gasteiger partial charge in [0.25, 0.3) is 5.91 Å². The van der Waals surface area contributed by atoms with Crippen LogP contribution in [0.3, 0.4) is 0 Å². The number of nitrogens with one attached hydrogen (secondary N) is 1. The molecule has 0 aliphatic heterocycles. The average molecular weight is 303 g/mol. The van der Waals surface area contributed by atoms with E-state index in [4.69, 9.17) is 0 Å². The van der Waals surface area contributed by atoms with E-state index in [-0.39, 0.29) is 5.91 Å². The molecule has 23 heavy (non-hydrogen) atoms. The molecule has 0 fully saturated rings. The van der Waals surface area contributed by atoms with Crippen LogP contribution < -0.4 is 5.43 Å². The van der Waals surface area contributed by atoms with E-state index in [0.717, 1.165) is 22.4 Å². The summed E-state index contributed by atoms with van der Waals surface area (Å²) in [4.78, 5) is 16.2. The number of carbonyl (C=O) groups excluding carboxylic acids is 1. The Labute approximate surface area is 134 Å². The van der Waals surface area contributed by atoms with E-state index in [1.165, 1.54) is 5.39 Å². The van der Waals surface area contributed by atoms with Crippen LogP contribution in [0.2, 0.25) is 0 Å². The zero-order valence-corrected chi connectivity index (χ0v) is 13.1. The summed E-state index contributed by atoms with van der Waals surface area (Å²) in [7, 11) is 0. The van der Waals surface area contributed by atoms with Gasteiger partial charge in [-0.3, -0.25) is 4.79 Å². The van der Waals surface area contributed by atoms with Crippen molar-refractivity contribution in [1.29, 1.82) is 0 Å².